The standard InChI is InChI=1S/C16H15ClN4O2S2/c1-9-14(25-20-19-9)15(22)21(8-11-3-2-6-23-11)16-18-12-5-4-10(17)7-13(12)24-16/h4-5,7,11H,2-3,6,8H2,1H3. The van der Waals surface area contributed by atoms with Crippen LogP contribution in [0.25, 0.3) is 10.2 Å². The molecule has 0 bridgehead atoms. The van der Waals surface area contributed by atoms with E-state index in [1.54, 1.807) is 17.9 Å². The fraction of sp³-hybridized carbons (Fsp3) is 0.375. The van der Waals surface area contributed by atoms with Crippen LogP contribution >= 0.6 is 34.5 Å². The van der Waals surface area contributed by atoms with E-state index in [-0.39, 0.29) is 12.0 Å². The van der Waals surface area contributed by atoms with E-state index < -0.39 is 0 Å². The van der Waals surface area contributed by atoms with Crippen molar-refractivity contribution >= 4 is 55.7 Å². The number of fused-ring (bicyclic) bond motifs is 1. The van der Waals surface area contributed by atoms with Gasteiger partial charge in [0.2, 0.25) is 0 Å². The molecule has 1 saturated heterocycles. The number of anilines is 1. The number of hydrogen-bond donors (Lipinski definition) is 0. The third-order valence-electron chi connectivity index (χ3n) is 4.07. The summed E-state index contributed by atoms with van der Waals surface area (Å²) in [6.45, 7) is 3.01. The third-order valence-corrected chi connectivity index (χ3v) is 6.16. The number of aryl methyl sites for hydroxylation is 1. The number of nitrogens with zero attached hydrogens (tertiary/aromatic N) is 4. The van der Waals surface area contributed by atoms with E-state index in [0.29, 0.717) is 27.3 Å². The van der Waals surface area contributed by atoms with Crippen LogP contribution in [-0.4, -0.2) is 39.7 Å². The Balaban J connectivity index is 1.72. The first-order chi connectivity index (χ1) is 12.1. The van der Waals surface area contributed by atoms with E-state index in [2.05, 4.69) is 14.6 Å². The van der Waals surface area contributed by atoms with Gasteiger partial charge in [0.05, 0.1) is 28.6 Å². The van der Waals surface area contributed by atoms with Crippen LogP contribution in [0.5, 0.6) is 0 Å². The van der Waals surface area contributed by atoms with Gasteiger partial charge in [-0.1, -0.05) is 27.4 Å². The zero-order valence-corrected chi connectivity index (χ0v) is 15.8. The summed E-state index contributed by atoms with van der Waals surface area (Å²) in [6.07, 6.45) is 1.99. The lowest BCUT2D eigenvalue weighted by Crippen LogP contribution is -2.37. The molecule has 2 aromatic heterocycles. The number of thiazole rings is 1. The number of amides is 1. The van der Waals surface area contributed by atoms with Crippen LogP contribution in [0.15, 0.2) is 18.2 Å². The molecule has 1 aliphatic heterocycles. The molecule has 4 rings (SSSR count). The van der Waals surface area contributed by atoms with Crippen molar-refractivity contribution in [3.63, 3.8) is 0 Å². The lowest BCUT2D eigenvalue weighted by atomic mass is 10.2. The molecule has 1 aromatic carbocycles. The van der Waals surface area contributed by atoms with E-state index in [0.717, 1.165) is 41.2 Å². The van der Waals surface area contributed by atoms with Crippen LogP contribution in [0.3, 0.4) is 0 Å². The molecule has 1 unspecified atom stereocenters. The summed E-state index contributed by atoms with van der Waals surface area (Å²) in [5.74, 6) is -0.131. The van der Waals surface area contributed by atoms with Gasteiger partial charge in [-0.3, -0.25) is 9.69 Å². The highest BCUT2D eigenvalue weighted by molar-refractivity contribution is 7.22. The molecule has 9 heteroatoms. The number of aromatic nitrogens is 3. The molecule has 0 aliphatic carbocycles. The Kier molecular flexibility index (Phi) is 4.68. The average molecular weight is 395 g/mol. The van der Waals surface area contributed by atoms with Gasteiger partial charge in [0.15, 0.2) is 5.13 Å². The molecule has 3 heterocycles. The molecule has 3 aromatic rings. The second-order valence-electron chi connectivity index (χ2n) is 5.85. The average Bonchev–Trinajstić information content (AvgIpc) is 3.31. The Morgan fingerprint density at radius 2 is 2.36 bits per heavy atom. The minimum absolute atomic E-state index is 0.0285. The molecule has 0 radical (unpaired) electrons. The quantitative estimate of drug-likeness (QED) is 0.670. The van der Waals surface area contributed by atoms with Crippen LogP contribution in [-0.2, 0) is 4.74 Å². The van der Waals surface area contributed by atoms with E-state index in [1.165, 1.54) is 11.3 Å². The van der Waals surface area contributed by atoms with Gasteiger partial charge in [-0.25, -0.2) is 4.98 Å². The first kappa shape index (κ1) is 16.8. The van der Waals surface area contributed by atoms with E-state index >= 15 is 0 Å². The Hall–Kier alpha value is -1.61. The van der Waals surface area contributed by atoms with Crippen LogP contribution in [0.1, 0.15) is 28.2 Å². The summed E-state index contributed by atoms with van der Waals surface area (Å²) in [4.78, 5) is 20.0. The minimum atomic E-state index is -0.131. The fourth-order valence-electron chi connectivity index (χ4n) is 2.79. The molecule has 1 fully saturated rings. The van der Waals surface area contributed by atoms with Crippen LogP contribution in [0.2, 0.25) is 5.02 Å². The number of carbonyl (C=O) groups is 1. The van der Waals surface area contributed by atoms with Gasteiger partial charge in [0, 0.05) is 11.6 Å². The monoisotopic (exact) mass is 394 g/mol. The number of ether oxygens (including phenoxy) is 1. The highest BCUT2D eigenvalue weighted by Gasteiger charge is 2.29. The molecule has 130 valence electrons. The van der Waals surface area contributed by atoms with Crippen LogP contribution < -0.4 is 4.90 Å². The molecule has 1 amide bonds. The maximum absolute atomic E-state index is 13.1. The van der Waals surface area contributed by atoms with Gasteiger partial charge in [0.25, 0.3) is 5.91 Å². The van der Waals surface area contributed by atoms with Gasteiger partial charge in [-0.05, 0) is 49.5 Å². The van der Waals surface area contributed by atoms with Gasteiger partial charge < -0.3 is 4.74 Å². The molecule has 25 heavy (non-hydrogen) atoms. The fourth-order valence-corrected chi connectivity index (χ4v) is 4.65. The summed E-state index contributed by atoms with van der Waals surface area (Å²) >= 11 is 8.64. The molecular formula is C16H15ClN4O2S2. The number of rotatable bonds is 4. The Morgan fingerprint density at radius 3 is 3.08 bits per heavy atom. The zero-order valence-electron chi connectivity index (χ0n) is 13.4. The van der Waals surface area contributed by atoms with Crippen molar-refractivity contribution in [2.24, 2.45) is 0 Å². The maximum atomic E-state index is 13.1. The van der Waals surface area contributed by atoms with Crippen molar-refractivity contribution in [1.29, 1.82) is 0 Å². The molecular weight excluding hydrogens is 380 g/mol. The lowest BCUT2D eigenvalue weighted by molar-refractivity contribution is 0.0920. The SMILES string of the molecule is Cc1nnsc1C(=O)N(CC1CCCO1)c1nc2ccc(Cl)cc2s1. The molecule has 0 N–H and O–H groups in total. The summed E-state index contributed by atoms with van der Waals surface area (Å²) in [5.41, 5.74) is 1.46. The number of carbonyl (C=O) groups excluding carboxylic acids is 1. The normalized spacial score (nSPS) is 17.3. The molecule has 1 atom stereocenters. The molecule has 6 nitrogen and oxygen atoms in total. The number of benzene rings is 1. The van der Waals surface area contributed by atoms with Crippen molar-refractivity contribution in [3.8, 4) is 0 Å². The van der Waals surface area contributed by atoms with Crippen molar-refractivity contribution < 1.29 is 9.53 Å². The third kappa shape index (κ3) is 3.39. The lowest BCUT2D eigenvalue weighted by Gasteiger charge is -2.22. The van der Waals surface area contributed by atoms with Gasteiger partial charge in [0.1, 0.15) is 4.88 Å². The predicted octanol–water partition coefficient (Wildman–Crippen LogP) is 3.94. The number of hydrogen-bond acceptors (Lipinski definition) is 7. The summed E-state index contributed by atoms with van der Waals surface area (Å²) in [7, 11) is 0. The predicted molar refractivity (Wildman–Crippen MR) is 99.9 cm³/mol. The largest absolute Gasteiger partial charge is 0.376 e. The summed E-state index contributed by atoms with van der Waals surface area (Å²) in [6, 6.07) is 5.54. The summed E-state index contributed by atoms with van der Waals surface area (Å²) < 4.78 is 10.6. The first-order valence-corrected chi connectivity index (χ1v) is 9.87. The van der Waals surface area contributed by atoms with Gasteiger partial charge >= 0.3 is 0 Å². The van der Waals surface area contributed by atoms with Crippen LogP contribution in [0.4, 0.5) is 5.13 Å². The Labute approximate surface area is 157 Å². The maximum Gasteiger partial charge on any atom is 0.273 e. The smallest absolute Gasteiger partial charge is 0.273 e. The van der Waals surface area contributed by atoms with Crippen molar-refractivity contribution in [3.05, 3.63) is 33.8 Å². The van der Waals surface area contributed by atoms with E-state index in [1.807, 2.05) is 12.1 Å². The van der Waals surface area contributed by atoms with E-state index in [9.17, 15) is 4.79 Å². The topological polar surface area (TPSA) is 68.2 Å². The Bertz CT molecular complexity index is 920. The van der Waals surface area contributed by atoms with E-state index in [4.69, 9.17) is 16.3 Å². The molecule has 0 spiro atoms. The van der Waals surface area contributed by atoms with Gasteiger partial charge in [-0.2, -0.15) is 0 Å². The second-order valence-corrected chi connectivity index (χ2v) is 8.05. The van der Waals surface area contributed by atoms with Crippen molar-refractivity contribution in [1.82, 2.24) is 14.6 Å². The van der Waals surface area contributed by atoms with Crippen LogP contribution in [0, 0.1) is 6.92 Å². The second kappa shape index (κ2) is 6.95. The summed E-state index contributed by atoms with van der Waals surface area (Å²) in [5, 5.41) is 5.25. The zero-order chi connectivity index (χ0) is 17.4. The van der Waals surface area contributed by atoms with Crippen molar-refractivity contribution in [2.75, 3.05) is 18.1 Å². The highest BCUT2D eigenvalue weighted by atomic mass is 35.5. The number of halogens is 1. The Morgan fingerprint density at radius 1 is 1.48 bits per heavy atom. The highest BCUT2D eigenvalue weighted by Crippen LogP contribution is 2.33. The molecule has 0 saturated carbocycles. The van der Waals surface area contributed by atoms with Gasteiger partial charge in [-0.15, -0.1) is 5.10 Å². The molecule has 1 aliphatic rings. The van der Waals surface area contributed by atoms with Crippen molar-refractivity contribution in [2.45, 2.75) is 25.9 Å². The minimum Gasteiger partial charge on any atom is -0.376 e. The first-order valence-electron chi connectivity index (χ1n) is 7.90.